The second-order valence-corrected chi connectivity index (χ2v) is 7.93. The molecule has 1 amide bonds. The maximum absolute atomic E-state index is 12.8. The zero-order valence-electron chi connectivity index (χ0n) is 16.9. The Morgan fingerprint density at radius 3 is 2.65 bits per heavy atom. The molecule has 1 aliphatic rings. The second kappa shape index (κ2) is 8.26. The molecule has 4 rings (SSSR count). The van der Waals surface area contributed by atoms with Gasteiger partial charge in [-0.05, 0) is 56.2 Å². The van der Waals surface area contributed by atoms with Crippen LogP contribution in [0.25, 0.3) is 10.9 Å². The van der Waals surface area contributed by atoms with Crippen molar-refractivity contribution in [2.24, 2.45) is 5.92 Å². The average molecular weight is 433 g/mol. The summed E-state index contributed by atoms with van der Waals surface area (Å²) in [6.45, 7) is 2.00. The summed E-state index contributed by atoms with van der Waals surface area (Å²) >= 11 is 0. The summed E-state index contributed by atoms with van der Waals surface area (Å²) in [5.41, 5.74) is 0.351. The van der Waals surface area contributed by atoms with Crippen LogP contribution in [0, 0.1) is 12.8 Å². The number of rotatable bonds is 4. The van der Waals surface area contributed by atoms with E-state index in [1.54, 1.807) is 13.0 Å². The van der Waals surface area contributed by atoms with Gasteiger partial charge in [0.1, 0.15) is 5.69 Å². The fourth-order valence-corrected chi connectivity index (χ4v) is 3.91. The summed E-state index contributed by atoms with van der Waals surface area (Å²) < 4.78 is 40.4. The number of nitrogens with zero attached hydrogens (tertiary/aromatic N) is 4. The van der Waals surface area contributed by atoms with Gasteiger partial charge in [-0.15, -0.1) is 0 Å². The molecular formula is C21H22F3N5O2. The van der Waals surface area contributed by atoms with Crippen LogP contribution in [0.4, 0.5) is 18.9 Å². The average Bonchev–Trinajstić information content (AvgIpc) is 3.16. The third-order valence-electron chi connectivity index (χ3n) is 5.72. The van der Waals surface area contributed by atoms with Gasteiger partial charge in [-0.3, -0.25) is 14.5 Å². The molecule has 31 heavy (non-hydrogen) atoms. The highest BCUT2D eigenvalue weighted by Gasteiger charge is 2.33. The summed E-state index contributed by atoms with van der Waals surface area (Å²) in [5.74, 6) is -0.417. The van der Waals surface area contributed by atoms with E-state index >= 15 is 0 Å². The molecule has 0 spiro atoms. The minimum Gasteiger partial charge on any atom is -0.396 e. The first-order chi connectivity index (χ1) is 14.7. The quantitative estimate of drug-likeness (QED) is 0.645. The van der Waals surface area contributed by atoms with Gasteiger partial charge in [0, 0.05) is 23.9 Å². The largest absolute Gasteiger partial charge is 0.434 e. The number of alkyl halides is 3. The molecule has 1 aromatic carbocycles. The molecule has 164 valence electrons. The molecule has 1 saturated carbocycles. The molecule has 10 heteroatoms. The summed E-state index contributed by atoms with van der Waals surface area (Å²) in [5, 5.41) is 17.4. The molecule has 0 bridgehead atoms. The van der Waals surface area contributed by atoms with Crippen LogP contribution in [-0.4, -0.2) is 37.4 Å². The molecular weight excluding hydrogens is 411 g/mol. The Morgan fingerprint density at radius 1 is 1.23 bits per heavy atom. The molecule has 2 N–H and O–H groups in total. The number of aliphatic hydroxyl groups is 1. The van der Waals surface area contributed by atoms with Gasteiger partial charge in [-0.1, -0.05) is 0 Å². The lowest BCUT2D eigenvalue weighted by molar-refractivity contribution is -0.141. The molecule has 1 fully saturated rings. The van der Waals surface area contributed by atoms with E-state index in [4.69, 9.17) is 0 Å². The zero-order chi connectivity index (χ0) is 22.2. The van der Waals surface area contributed by atoms with E-state index in [0.29, 0.717) is 17.8 Å². The number of halogens is 3. The van der Waals surface area contributed by atoms with Crippen LogP contribution in [0.2, 0.25) is 0 Å². The summed E-state index contributed by atoms with van der Waals surface area (Å²) in [6.07, 6.45) is 2.61. The highest BCUT2D eigenvalue weighted by atomic mass is 19.4. The van der Waals surface area contributed by atoms with Crippen LogP contribution in [0.5, 0.6) is 0 Å². The first-order valence-electron chi connectivity index (χ1n) is 10.1. The molecule has 0 atom stereocenters. The Bertz CT molecular complexity index is 1100. The van der Waals surface area contributed by atoms with E-state index in [9.17, 15) is 23.1 Å². The molecule has 3 aromatic rings. The minimum atomic E-state index is -4.68. The van der Waals surface area contributed by atoms with Gasteiger partial charge in [-0.2, -0.15) is 18.3 Å². The van der Waals surface area contributed by atoms with Gasteiger partial charge in [-0.25, -0.2) is 4.98 Å². The maximum atomic E-state index is 12.8. The number of aliphatic hydroxyl groups excluding tert-OH is 1. The van der Waals surface area contributed by atoms with Crippen molar-refractivity contribution >= 4 is 22.5 Å². The third-order valence-corrected chi connectivity index (χ3v) is 5.72. The molecule has 0 saturated heterocycles. The Kier molecular flexibility index (Phi) is 5.65. The lowest BCUT2D eigenvalue weighted by Gasteiger charge is -2.27. The maximum Gasteiger partial charge on any atom is 0.434 e. The SMILES string of the molecule is Cc1cc2nn(C3CCC(CO)CC3)cc2cc1NC(=O)c1cncc(C(F)(F)F)n1. The number of hydrogen-bond donors (Lipinski definition) is 2. The van der Waals surface area contributed by atoms with Crippen molar-refractivity contribution < 1.29 is 23.1 Å². The number of amides is 1. The lowest BCUT2D eigenvalue weighted by atomic mass is 9.87. The number of anilines is 1. The van der Waals surface area contributed by atoms with E-state index in [1.807, 2.05) is 16.9 Å². The smallest absolute Gasteiger partial charge is 0.396 e. The topological polar surface area (TPSA) is 92.9 Å². The third kappa shape index (κ3) is 4.53. The molecule has 2 aromatic heterocycles. The predicted molar refractivity (Wildman–Crippen MR) is 108 cm³/mol. The van der Waals surface area contributed by atoms with Gasteiger partial charge in [0.25, 0.3) is 5.91 Å². The van der Waals surface area contributed by atoms with Gasteiger partial charge in [0.05, 0.1) is 24.0 Å². The van der Waals surface area contributed by atoms with Crippen molar-refractivity contribution in [3.63, 3.8) is 0 Å². The van der Waals surface area contributed by atoms with Crippen LogP contribution in [-0.2, 0) is 6.18 Å². The Morgan fingerprint density at radius 2 is 1.97 bits per heavy atom. The monoisotopic (exact) mass is 433 g/mol. The molecule has 0 radical (unpaired) electrons. The van der Waals surface area contributed by atoms with Gasteiger partial charge in [0.15, 0.2) is 5.69 Å². The number of hydrogen-bond acceptors (Lipinski definition) is 5. The number of carbonyl (C=O) groups is 1. The fourth-order valence-electron chi connectivity index (χ4n) is 3.91. The van der Waals surface area contributed by atoms with Crippen LogP contribution in [0.1, 0.15) is 53.5 Å². The second-order valence-electron chi connectivity index (χ2n) is 7.93. The number of nitrogens with one attached hydrogen (secondary N) is 1. The number of carbonyl (C=O) groups excluding carboxylic acids is 1. The van der Waals surface area contributed by atoms with Crippen molar-refractivity contribution in [1.82, 2.24) is 19.7 Å². The standard InChI is InChI=1S/C21H22F3N5O2/c1-12-6-17-14(10-29(28-17)15-4-2-13(11-30)3-5-15)7-16(12)27-20(31)18-8-25-9-19(26-18)21(22,23)24/h6-10,13,15,30H,2-5,11H2,1H3,(H,27,31). The van der Waals surface area contributed by atoms with Crippen molar-refractivity contribution in [1.29, 1.82) is 0 Å². The van der Waals surface area contributed by atoms with Crippen LogP contribution in [0.3, 0.4) is 0 Å². The van der Waals surface area contributed by atoms with Crippen molar-refractivity contribution in [3.05, 3.63) is 47.7 Å². The van der Waals surface area contributed by atoms with Crippen LogP contribution >= 0.6 is 0 Å². The molecule has 0 aliphatic heterocycles. The number of benzene rings is 1. The Labute approximate surface area is 176 Å². The Balaban J connectivity index is 1.55. The number of fused-ring (bicyclic) bond motifs is 1. The minimum absolute atomic E-state index is 0.215. The van der Waals surface area contributed by atoms with Crippen LogP contribution < -0.4 is 5.32 Å². The Hall–Kier alpha value is -3.01. The summed E-state index contributed by atoms with van der Waals surface area (Å²) in [7, 11) is 0. The van der Waals surface area contributed by atoms with Crippen LogP contribution in [0.15, 0.2) is 30.7 Å². The first-order valence-corrected chi connectivity index (χ1v) is 10.1. The highest BCUT2D eigenvalue weighted by molar-refractivity contribution is 6.04. The zero-order valence-corrected chi connectivity index (χ0v) is 16.9. The number of aryl methyl sites for hydroxylation is 1. The molecule has 2 heterocycles. The highest BCUT2D eigenvalue weighted by Crippen LogP contribution is 2.33. The van der Waals surface area contributed by atoms with Gasteiger partial charge < -0.3 is 10.4 Å². The molecule has 7 nitrogen and oxygen atoms in total. The molecule has 1 aliphatic carbocycles. The van der Waals surface area contributed by atoms with Gasteiger partial charge >= 0.3 is 6.18 Å². The lowest BCUT2D eigenvalue weighted by Crippen LogP contribution is -2.20. The van der Waals surface area contributed by atoms with Crippen molar-refractivity contribution in [2.75, 3.05) is 11.9 Å². The van der Waals surface area contributed by atoms with E-state index in [1.165, 1.54) is 0 Å². The van der Waals surface area contributed by atoms with Crippen molar-refractivity contribution in [2.45, 2.75) is 44.8 Å². The number of aromatic nitrogens is 4. The predicted octanol–water partition coefficient (Wildman–Crippen LogP) is 4.13. The van der Waals surface area contributed by atoms with Gasteiger partial charge in [0.2, 0.25) is 0 Å². The van der Waals surface area contributed by atoms with E-state index in [2.05, 4.69) is 20.4 Å². The van der Waals surface area contributed by atoms with E-state index in [0.717, 1.165) is 48.3 Å². The normalized spacial score (nSPS) is 19.5. The fraction of sp³-hybridized carbons (Fsp3) is 0.429. The molecule has 0 unspecified atom stereocenters. The summed E-state index contributed by atoms with van der Waals surface area (Å²) in [6, 6.07) is 3.85. The van der Waals surface area contributed by atoms with E-state index < -0.39 is 23.5 Å². The van der Waals surface area contributed by atoms with E-state index in [-0.39, 0.29) is 12.6 Å². The van der Waals surface area contributed by atoms with Crippen molar-refractivity contribution in [3.8, 4) is 0 Å². The first kappa shape index (κ1) is 21.2. The summed E-state index contributed by atoms with van der Waals surface area (Å²) in [4.78, 5) is 19.3.